The molecule has 182 valence electrons. The molecule has 3 aromatic carbocycles. The van der Waals surface area contributed by atoms with Gasteiger partial charge in [-0.05, 0) is 60.5 Å². The minimum Gasteiger partial charge on any atom is -0.477 e. The number of carbonyl (C=O) groups is 1. The Morgan fingerprint density at radius 3 is 2.33 bits per heavy atom. The van der Waals surface area contributed by atoms with Crippen LogP contribution in [0.4, 0.5) is 18.9 Å². The molecule has 36 heavy (non-hydrogen) atoms. The smallest absolute Gasteiger partial charge is 0.341 e. The monoisotopic (exact) mass is 491 g/mol. The van der Waals surface area contributed by atoms with Gasteiger partial charge >= 0.3 is 5.97 Å². The van der Waals surface area contributed by atoms with Crippen molar-refractivity contribution in [3.8, 4) is 5.69 Å². The normalized spacial score (nSPS) is 15.8. The van der Waals surface area contributed by atoms with Crippen LogP contribution in [0.15, 0.2) is 76.6 Å². The van der Waals surface area contributed by atoms with Crippen LogP contribution in [-0.4, -0.2) is 41.0 Å². The number of rotatable bonds is 5. The highest BCUT2D eigenvalue weighted by atomic mass is 19.1. The van der Waals surface area contributed by atoms with Gasteiger partial charge in [0, 0.05) is 36.6 Å². The molecule has 0 aliphatic carbocycles. The summed E-state index contributed by atoms with van der Waals surface area (Å²) in [6.45, 7) is 0.940. The van der Waals surface area contributed by atoms with E-state index in [1.807, 2.05) is 4.90 Å². The quantitative estimate of drug-likeness (QED) is 0.407. The fraction of sp³-hybridized carbons (Fsp3) is 0.148. The van der Waals surface area contributed by atoms with Crippen molar-refractivity contribution in [2.75, 3.05) is 18.0 Å². The van der Waals surface area contributed by atoms with Crippen molar-refractivity contribution in [1.82, 2.24) is 4.57 Å². The highest BCUT2D eigenvalue weighted by Crippen LogP contribution is 2.30. The van der Waals surface area contributed by atoms with Gasteiger partial charge in [0.2, 0.25) is 5.43 Å². The molecule has 5 rings (SSSR count). The van der Waals surface area contributed by atoms with E-state index in [4.69, 9.17) is 0 Å². The summed E-state index contributed by atoms with van der Waals surface area (Å²) in [6, 6.07) is 13.7. The molecule has 1 aromatic heterocycles. The van der Waals surface area contributed by atoms with Gasteiger partial charge < -0.3 is 14.6 Å². The van der Waals surface area contributed by atoms with Crippen LogP contribution >= 0.6 is 0 Å². The molecule has 1 N–H and O–H groups in total. The summed E-state index contributed by atoms with van der Waals surface area (Å²) in [6.07, 6.45) is 3.49. The summed E-state index contributed by atoms with van der Waals surface area (Å²) in [5.74, 6) is -2.90. The van der Waals surface area contributed by atoms with E-state index in [1.54, 1.807) is 18.3 Å². The van der Waals surface area contributed by atoms with E-state index < -0.39 is 28.6 Å². The lowest BCUT2D eigenvalue weighted by molar-refractivity contribution is 0.0695. The second kappa shape index (κ2) is 9.33. The van der Waals surface area contributed by atoms with Crippen molar-refractivity contribution in [3.05, 3.63) is 106 Å². The number of nitrogens with zero attached hydrogens (tertiary/aromatic N) is 3. The Kier molecular flexibility index (Phi) is 6.05. The van der Waals surface area contributed by atoms with Crippen LogP contribution in [0.5, 0.6) is 0 Å². The maximum atomic E-state index is 15.2. The summed E-state index contributed by atoms with van der Waals surface area (Å²) in [5, 5.41) is 9.41. The first kappa shape index (κ1) is 23.3. The summed E-state index contributed by atoms with van der Waals surface area (Å²) < 4.78 is 43.3. The molecule has 0 saturated carbocycles. The number of hydrogen-bond acceptors (Lipinski definition) is 4. The van der Waals surface area contributed by atoms with E-state index in [9.17, 15) is 23.5 Å². The third-order valence-electron chi connectivity index (χ3n) is 6.22. The predicted octanol–water partition coefficient (Wildman–Crippen LogP) is 4.80. The SMILES string of the molecule is O=C(O)c1cn(-c2ccc(F)cc2)c2cc(N3CCC(N=Cc4ccc(F)cc4)C3)c(F)cc2c1=O. The Morgan fingerprint density at radius 2 is 1.67 bits per heavy atom. The Labute approximate surface area is 203 Å². The molecule has 1 atom stereocenters. The zero-order valence-electron chi connectivity index (χ0n) is 18.9. The maximum absolute atomic E-state index is 15.2. The molecule has 2 heterocycles. The largest absolute Gasteiger partial charge is 0.477 e. The molecule has 1 aliphatic rings. The molecule has 6 nitrogen and oxygen atoms in total. The summed E-state index contributed by atoms with van der Waals surface area (Å²) >= 11 is 0. The van der Waals surface area contributed by atoms with Gasteiger partial charge in [-0.1, -0.05) is 12.1 Å². The Morgan fingerprint density at radius 1 is 1.00 bits per heavy atom. The lowest BCUT2D eigenvalue weighted by Gasteiger charge is -2.21. The number of carboxylic acids is 1. The van der Waals surface area contributed by atoms with Gasteiger partial charge in [-0.2, -0.15) is 0 Å². The fourth-order valence-electron chi connectivity index (χ4n) is 4.37. The fourth-order valence-corrected chi connectivity index (χ4v) is 4.37. The molecule has 0 spiro atoms. The van der Waals surface area contributed by atoms with Gasteiger partial charge in [-0.25, -0.2) is 18.0 Å². The van der Waals surface area contributed by atoms with Gasteiger partial charge in [0.05, 0.1) is 17.2 Å². The zero-order valence-corrected chi connectivity index (χ0v) is 18.9. The van der Waals surface area contributed by atoms with Gasteiger partial charge in [0.25, 0.3) is 0 Å². The number of aliphatic imine (C=N–C) groups is 1. The van der Waals surface area contributed by atoms with Crippen LogP contribution in [0.3, 0.4) is 0 Å². The minimum atomic E-state index is -1.44. The first-order chi connectivity index (χ1) is 17.3. The molecule has 1 unspecified atom stereocenters. The third-order valence-corrected chi connectivity index (χ3v) is 6.22. The minimum absolute atomic E-state index is 0.0921. The lowest BCUT2D eigenvalue weighted by atomic mass is 10.1. The van der Waals surface area contributed by atoms with Crippen LogP contribution in [0.25, 0.3) is 16.6 Å². The van der Waals surface area contributed by atoms with Gasteiger partial charge in [-0.15, -0.1) is 0 Å². The molecule has 0 amide bonds. The summed E-state index contributed by atoms with van der Waals surface area (Å²) in [7, 11) is 0. The highest BCUT2D eigenvalue weighted by molar-refractivity contribution is 5.94. The molecule has 1 fully saturated rings. The van der Waals surface area contributed by atoms with Crippen LogP contribution < -0.4 is 10.3 Å². The second-order valence-corrected chi connectivity index (χ2v) is 8.56. The van der Waals surface area contributed by atoms with Gasteiger partial charge in [-0.3, -0.25) is 9.79 Å². The topological polar surface area (TPSA) is 74.9 Å². The molecule has 9 heteroatoms. The number of halogens is 3. The number of benzene rings is 3. The maximum Gasteiger partial charge on any atom is 0.341 e. The Bertz CT molecular complexity index is 1550. The van der Waals surface area contributed by atoms with Gasteiger partial charge in [0.1, 0.15) is 23.0 Å². The summed E-state index contributed by atoms with van der Waals surface area (Å²) in [4.78, 5) is 30.8. The predicted molar refractivity (Wildman–Crippen MR) is 131 cm³/mol. The van der Waals surface area contributed by atoms with Gasteiger partial charge in [0.15, 0.2) is 0 Å². The molecule has 0 bridgehead atoms. The molecule has 1 aliphatic heterocycles. The van der Waals surface area contributed by atoms with Crippen molar-refractivity contribution in [3.63, 3.8) is 0 Å². The average Bonchev–Trinajstić information content (AvgIpc) is 3.33. The van der Waals surface area contributed by atoms with Crippen LogP contribution in [0, 0.1) is 17.5 Å². The van der Waals surface area contributed by atoms with Crippen LogP contribution in [0.2, 0.25) is 0 Å². The zero-order chi connectivity index (χ0) is 25.4. The number of hydrogen-bond donors (Lipinski definition) is 1. The second-order valence-electron chi connectivity index (χ2n) is 8.56. The van der Waals surface area contributed by atoms with E-state index >= 15 is 4.39 Å². The van der Waals surface area contributed by atoms with Crippen molar-refractivity contribution in [2.45, 2.75) is 12.5 Å². The highest BCUT2D eigenvalue weighted by Gasteiger charge is 2.26. The molecule has 4 aromatic rings. The number of fused-ring (bicyclic) bond motifs is 1. The Balaban J connectivity index is 1.53. The lowest BCUT2D eigenvalue weighted by Crippen LogP contribution is -2.23. The number of aromatic carboxylic acids is 1. The van der Waals surface area contributed by atoms with Crippen molar-refractivity contribution in [2.24, 2.45) is 4.99 Å². The van der Waals surface area contributed by atoms with Crippen LogP contribution in [0.1, 0.15) is 22.3 Å². The van der Waals surface area contributed by atoms with Crippen molar-refractivity contribution >= 4 is 28.8 Å². The van der Waals surface area contributed by atoms with E-state index in [-0.39, 0.29) is 22.9 Å². The van der Waals surface area contributed by atoms with Crippen LogP contribution in [-0.2, 0) is 0 Å². The number of pyridine rings is 1. The van der Waals surface area contributed by atoms with Crippen molar-refractivity contribution < 1.29 is 23.1 Å². The average molecular weight is 491 g/mol. The molecular formula is C27H20F3N3O3. The Hall–Kier alpha value is -4.40. The van der Waals surface area contributed by atoms with E-state index in [2.05, 4.69) is 4.99 Å². The molecule has 1 saturated heterocycles. The summed E-state index contributed by atoms with van der Waals surface area (Å²) in [5.41, 5.74) is 0.403. The number of aromatic nitrogens is 1. The van der Waals surface area contributed by atoms with E-state index in [0.29, 0.717) is 30.7 Å². The first-order valence-electron chi connectivity index (χ1n) is 11.2. The first-order valence-corrected chi connectivity index (χ1v) is 11.2. The number of carboxylic acid groups (broad SMARTS) is 1. The standard InChI is InChI=1S/C27H20F3N3O3/c28-17-3-1-16(2-4-17)13-31-19-9-10-32(14-19)25-12-24-21(11-23(25)30)26(34)22(27(35)36)15-33(24)20-7-5-18(29)6-8-20/h1-8,11-13,15,19H,9-10,14H2,(H,35,36). The molecular weight excluding hydrogens is 471 g/mol. The van der Waals surface area contributed by atoms with Crippen molar-refractivity contribution in [1.29, 1.82) is 0 Å². The van der Waals surface area contributed by atoms with E-state index in [1.165, 1.54) is 53.2 Å². The van der Waals surface area contributed by atoms with E-state index in [0.717, 1.165) is 11.6 Å². The number of anilines is 1. The third kappa shape index (κ3) is 4.47. The molecule has 0 radical (unpaired) electrons.